The first-order valence-electron chi connectivity index (χ1n) is 9.60. The number of amides is 1. The molecule has 200 valence electrons. The fraction of sp³-hybridized carbons (Fsp3) is 0.381. The van der Waals surface area contributed by atoms with E-state index in [9.17, 15) is 61.9 Å². The van der Waals surface area contributed by atoms with Crippen LogP contribution in [-0.2, 0) is 0 Å². The van der Waals surface area contributed by atoms with Crippen molar-refractivity contribution in [3.63, 3.8) is 0 Å². The SMILES string of the molecule is O=C(NCCC(F)(F)C(F)(F)C(F)(F)C(F)(F)C(F)(F)C(F)(F)F)c1ccc(-c2ccccc2)cc1. The van der Waals surface area contributed by atoms with Gasteiger partial charge in [-0.25, -0.2) is 0 Å². The molecule has 36 heavy (non-hydrogen) atoms. The van der Waals surface area contributed by atoms with Crippen molar-refractivity contribution in [2.24, 2.45) is 0 Å². The Hall–Kier alpha value is -3.00. The van der Waals surface area contributed by atoms with Gasteiger partial charge in [-0.3, -0.25) is 4.79 Å². The van der Waals surface area contributed by atoms with E-state index in [2.05, 4.69) is 0 Å². The lowest BCUT2D eigenvalue weighted by Gasteiger charge is -2.39. The van der Waals surface area contributed by atoms with Crippen molar-refractivity contribution in [2.45, 2.75) is 42.2 Å². The summed E-state index contributed by atoms with van der Waals surface area (Å²) in [4.78, 5) is 12.0. The summed E-state index contributed by atoms with van der Waals surface area (Å²) in [6.45, 7) is -1.56. The van der Waals surface area contributed by atoms with Crippen molar-refractivity contribution >= 4 is 5.91 Å². The van der Waals surface area contributed by atoms with E-state index < -0.39 is 54.7 Å². The van der Waals surface area contributed by atoms with Crippen LogP contribution in [0.4, 0.5) is 57.1 Å². The molecule has 1 N–H and O–H groups in total. The van der Waals surface area contributed by atoms with Crippen molar-refractivity contribution in [1.29, 1.82) is 0 Å². The predicted molar refractivity (Wildman–Crippen MR) is 99.6 cm³/mol. The topological polar surface area (TPSA) is 29.1 Å². The van der Waals surface area contributed by atoms with Crippen LogP contribution in [-0.4, -0.2) is 48.2 Å². The molecule has 2 aromatic rings. The summed E-state index contributed by atoms with van der Waals surface area (Å²) >= 11 is 0. The van der Waals surface area contributed by atoms with Gasteiger partial charge in [0.05, 0.1) is 0 Å². The van der Waals surface area contributed by atoms with Gasteiger partial charge in [-0.2, -0.15) is 57.1 Å². The fourth-order valence-corrected chi connectivity index (χ4v) is 2.84. The number of benzene rings is 2. The lowest BCUT2D eigenvalue weighted by molar-refractivity contribution is -0.440. The van der Waals surface area contributed by atoms with Gasteiger partial charge in [0.25, 0.3) is 5.91 Å². The minimum absolute atomic E-state index is 0.216. The highest BCUT2D eigenvalue weighted by Gasteiger charge is 2.90. The first-order valence-corrected chi connectivity index (χ1v) is 9.60. The van der Waals surface area contributed by atoms with Crippen molar-refractivity contribution in [2.75, 3.05) is 6.54 Å². The Labute approximate surface area is 194 Å². The number of carbonyl (C=O) groups excluding carboxylic acids is 1. The van der Waals surface area contributed by atoms with Crippen LogP contribution in [0.15, 0.2) is 54.6 Å². The molecule has 0 aliphatic carbocycles. The van der Waals surface area contributed by atoms with Crippen LogP contribution < -0.4 is 5.32 Å². The molecule has 0 unspecified atom stereocenters. The van der Waals surface area contributed by atoms with Gasteiger partial charge in [-0.15, -0.1) is 0 Å². The molecule has 0 aliphatic heterocycles. The summed E-state index contributed by atoms with van der Waals surface area (Å²) in [7, 11) is 0. The van der Waals surface area contributed by atoms with Gasteiger partial charge in [-0.05, 0) is 23.3 Å². The fourth-order valence-electron chi connectivity index (χ4n) is 2.84. The second-order valence-corrected chi connectivity index (χ2v) is 7.45. The van der Waals surface area contributed by atoms with Crippen molar-refractivity contribution in [3.8, 4) is 11.1 Å². The van der Waals surface area contributed by atoms with Crippen molar-refractivity contribution in [1.82, 2.24) is 5.32 Å². The third-order valence-corrected chi connectivity index (χ3v) is 4.98. The number of hydrogen-bond acceptors (Lipinski definition) is 1. The van der Waals surface area contributed by atoms with Gasteiger partial charge < -0.3 is 5.32 Å². The van der Waals surface area contributed by atoms with Crippen LogP contribution in [0.25, 0.3) is 11.1 Å². The van der Waals surface area contributed by atoms with E-state index in [-0.39, 0.29) is 5.56 Å². The zero-order valence-electron chi connectivity index (χ0n) is 17.4. The van der Waals surface area contributed by atoms with E-state index in [1.54, 1.807) is 35.6 Å². The lowest BCUT2D eigenvalue weighted by atomic mass is 9.92. The van der Waals surface area contributed by atoms with Gasteiger partial charge in [0, 0.05) is 18.5 Å². The number of carbonyl (C=O) groups is 1. The quantitative estimate of drug-likeness (QED) is 0.333. The number of nitrogens with one attached hydrogen (secondary N) is 1. The summed E-state index contributed by atoms with van der Waals surface area (Å²) in [5.41, 5.74) is 1.11. The normalized spacial score (nSPS) is 14.0. The maximum Gasteiger partial charge on any atom is 0.460 e. The van der Waals surface area contributed by atoms with Crippen LogP contribution in [0, 0.1) is 0 Å². The monoisotopic (exact) mass is 543 g/mol. The highest BCUT2D eigenvalue weighted by molar-refractivity contribution is 5.94. The number of alkyl halides is 13. The van der Waals surface area contributed by atoms with Crippen LogP contribution in [0.2, 0.25) is 0 Å². The van der Waals surface area contributed by atoms with E-state index in [1.807, 2.05) is 0 Å². The maximum absolute atomic E-state index is 13.8. The highest BCUT2D eigenvalue weighted by atomic mass is 19.4. The summed E-state index contributed by atoms with van der Waals surface area (Å²) in [5, 5.41) is 1.62. The smallest absolute Gasteiger partial charge is 0.352 e. The van der Waals surface area contributed by atoms with E-state index in [0.717, 1.165) is 5.56 Å². The third kappa shape index (κ3) is 4.96. The van der Waals surface area contributed by atoms with Gasteiger partial charge in [-0.1, -0.05) is 42.5 Å². The second kappa shape index (κ2) is 9.47. The van der Waals surface area contributed by atoms with Crippen molar-refractivity contribution < 1.29 is 61.9 Å². The Balaban J connectivity index is 2.13. The zero-order valence-corrected chi connectivity index (χ0v) is 17.4. The Morgan fingerprint density at radius 1 is 0.583 bits per heavy atom. The Morgan fingerprint density at radius 2 is 1.03 bits per heavy atom. The molecule has 0 fully saturated rings. The molecule has 0 saturated carbocycles. The molecule has 0 spiro atoms. The number of hydrogen-bond donors (Lipinski definition) is 1. The Morgan fingerprint density at radius 3 is 1.50 bits per heavy atom. The molecule has 0 atom stereocenters. The molecular weight excluding hydrogens is 529 g/mol. The molecule has 15 heteroatoms. The second-order valence-electron chi connectivity index (χ2n) is 7.45. The van der Waals surface area contributed by atoms with Gasteiger partial charge in [0.15, 0.2) is 0 Å². The standard InChI is InChI=1S/C21H14F13NO/c22-16(23,17(24,25)18(26,27)19(28,29)20(30,31)21(32,33)34)10-11-35-15(36)14-8-6-13(7-9-14)12-4-2-1-3-5-12/h1-9H,10-11H2,(H,35,36). The molecular formula is C21H14F13NO. The largest absolute Gasteiger partial charge is 0.460 e. The summed E-state index contributed by atoms with van der Waals surface area (Å²) in [5.74, 6) is -38.4. The molecule has 1 amide bonds. The van der Waals surface area contributed by atoms with Crippen LogP contribution in [0.1, 0.15) is 16.8 Å². The summed E-state index contributed by atoms with van der Waals surface area (Å²) in [6, 6.07) is 13.7. The maximum atomic E-state index is 13.8. The molecule has 0 aromatic heterocycles. The first-order chi connectivity index (χ1) is 16.2. The molecule has 2 rings (SSSR count). The summed E-state index contributed by atoms with van der Waals surface area (Å²) < 4.78 is 170. The molecule has 0 aliphatic rings. The van der Waals surface area contributed by atoms with Gasteiger partial charge in [0.1, 0.15) is 0 Å². The van der Waals surface area contributed by atoms with Gasteiger partial charge in [0.2, 0.25) is 0 Å². The van der Waals surface area contributed by atoms with E-state index in [0.29, 0.717) is 5.56 Å². The highest BCUT2D eigenvalue weighted by Crippen LogP contribution is 2.60. The Bertz CT molecular complexity index is 1050. The number of halogens is 13. The molecule has 0 radical (unpaired) electrons. The molecule has 0 saturated heterocycles. The molecule has 0 heterocycles. The van der Waals surface area contributed by atoms with Crippen LogP contribution in [0.3, 0.4) is 0 Å². The molecule has 2 nitrogen and oxygen atoms in total. The van der Waals surface area contributed by atoms with Crippen LogP contribution >= 0.6 is 0 Å². The summed E-state index contributed by atoms with van der Waals surface area (Å²) in [6.07, 6.45) is -9.97. The van der Waals surface area contributed by atoms with E-state index >= 15 is 0 Å². The van der Waals surface area contributed by atoms with Gasteiger partial charge >= 0.3 is 35.8 Å². The molecule has 0 bridgehead atoms. The average molecular weight is 543 g/mol. The van der Waals surface area contributed by atoms with Crippen molar-refractivity contribution in [3.05, 3.63) is 60.2 Å². The zero-order chi connectivity index (χ0) is 27.8. The van der Waals surface area contributed by atoms with E-state index in [4.69, 9.17) is 0 Å². The molecule has 2 aromatic carbocycles. The number of rotatable bonds is 9. The lowest BCUT2D eigenvalue weighted by Crippen LogP contribution is -2.70. The minimum atomic E-state index is -7.95. The Kier molecular flexibility index (Phi) is 7.69. The van der Waals surface area contributed by atoms with Crippen LogP contribution in [0.5, 0.6) is 0 Å². The predicted octanol–water partition coefficient (Wildman–Crippen LogP) is 7.21. The van der Waals surface area contributed by atoms with E-state index in [1.165, 1.54) is 24.3 Å². The third-order valence-electron chi connectivity index (χ3n) is 4.98. The average Bonchev–Trinajstić information content (AvgIpc) is 2.78. The minimum Gasteiger partial charge on any atom is -0.352 e. The first kappa shape index (κ1) is 29.2.